The van der Waals surface area contributed by atoms with E-state index < -0.39 is 5.91 Å². The first-order valence-corrected chi connectivity index (χ1v) is 6.08. The third-order valence-electron chi connectivity index (χ3n) is 2.46. The van der Waals surface area contributed by atoms with E-state index in [2.05, 4.69) is 5.32 Å². The molecule has 0 heterocycles. The number of rotatable bonds is 2. The van der Waals surface area contributed by atoms with Crippen LogP contribution in [0.5, 0.6) is 5.75 Å². The van der Waals surface area contributed by atoms with Crippen LogP contribution in [-0.2, 0) is 0 Å². The zero-order chi connectivity index (χ0) is 14.0. The maximum atomic E-state index is 12.0. The monoisotopic (exact) mass is 296 g/mol. The molecule has 0 fully saturated rings. The largest absolute Gasteiger partial charge is 0.508 e. The lowest BCUT2D eigenvalue weighted by molar-refractivity contribution is 0.102. The summed E-state index contributed by atoms with van der Waals surface area (Å²) in [4.78, 5) is 12.0. The summed E-state index contributed by atoms with van der Waals surface area (Å²) in [5.74, 6) is -0.376. The van der Waals surface area contributed by atoms with Gasteiger partial charge in [0.15, 0.2) is 0 Å². The van der Waals surface area contributed by atoms with Crippen molar-refractivity contribution in [3.63, 3.8) is 0 Å². The predicted octanol–water partition coefficient (Wildman–Crippen LogP) is 3.53. The predicted molar refractivity (Wildman–Crippen MR) is 76.9 cm³/mol. The molecule has 0 aromatic heterocycles. The van der Waals surface area contributed by atoms with Gasteiger partial charge in [0.05, 0.1) is 22.0 Å². The SMILES string of the molecule is Nc1cc(O)ccc1NC(=O)c1ccc(Cl)cc1Cl. The highest BCUT2D eigenvalue weighted by Gasteiger charge is 2.12. The first-order chi connectivity index (χ1) is 8.97. The molecule has 98 valence electrons. The van der Waals surface area contributed by atoms with Gasteiger partial charge in [-0.25, -0.2) is 0 Å². The molecule has 0 aliphatic carbocycles. The van der Waals surface area contributed by atoms with E-state index in [1.165, 1.54) is 30.3 Å². The van der Waals surface area contributed by atoms with E-state index >= 15 is 0 Å². The normalized spacial score (nSPS) is 10.2. The first kappa shape index (κ1) is 13.5. The van der Waals surface area contributed by atoms with E-state index in [1.807, 2.05) is 0 Å². The number of nitrogen functional groups attached to an aromatic ring is 1. The van der Waals surface area contributed by atoms with Crippen molar-refractivity contribution < 1.29 is 9.90 Å². The fraction of sp³-hybridized carbons (Fsp3) is 0. The van der Waals surface area contributed by atoms with Gasteiger partial charge in [-0.2, -0.15) is 0 Å². The summed E-state index contributed by atoms with van der Waals surface area (Å²) in [6.45, 7) is 0. The van der Waals surface area contributed by atoms with Crippen LogP contribution in [0.4, 0.5) is 11.4 Å². The Morgan fingerprint density at radius 1 is 1.16 bits per heavy atom. The molecular weight excluding hydrogens is 287 g/mol. The van der Waals surface area contributed by atoms with Crippen molar-refractivity contribution in [1.82, 2.24) is 0 Å². The van der Waals surface area contributed by atoms with Gasteiger partial charge in [0.1, 0.15) is 5.75 Å². The zero-order valence-electron chi connectivity index (χ0n) is 9.65. The number of benzene rings is 2. The van der Waals surface area contributed by atoms with Crippen LogP contribution in [-0.4, -0.2) is 11.0 Å². The summed E-state index contributed by atoms with van der Waals surface area (Å²) >= 11 is 11.7. The molecule has 4 nitrogen and oxygen atoms in total. The molecule has 4 N–H and O–H groups in total. The van der Waals surface area contributed by atoms with Gasteiger partial charge >= 0.3 is 0 Å². The number of nitrogens with one attached hydrogen (secondary N) is 1. The van der Waals surface area contributed by atoms with Gasteiger partial charge in [0.25, 0.3) is 5.91 Å². The topological polar surface area (TPSA) is 75.3 Å². The average Bonchev–Trinajstić information content (AvgIpc) is 2.32. The Balaban J connectivity index is 2.25. The van der Waals surface area contributed by atoms with Crippen molar-refractivity contribution in [3.8, 4) is 5.75 Å². The number of phenols is 1. The molecule has 2 aromatic carbocycles. The Kier molecular flexibility index (Phi) is 3.83. The lowest BCUT2D eigenvalue weighted by atomic mass is 10.2. The smallest absolute Gasteiger partial charge is 0.257 e. The van der Waals surface area contributed by atoms with Crippen molar-refractivity contribution in [1.29, 1.82) is 0 Å². The number of halogens is 2. The molecule has 0 spiro atoms. The summed E-state index contributed by atoms with van der Waals surface area (Å²) < 4.78 is 0. The van der Waals surface area contributed by atoms with Gasteiger partial charge in [-0.1, -0.05) is 23.2 Å². The van der Waals surface area contributed by atoms with Gasteiger partial charge in [-0.15, -0.1) is 0 Å². The Morgan fingerprint density at radius 2 is 1.89 bits per heavy atom. The first-order valence-electron chi connectivity index (χ1n) is 5.32. The van der Waals surface area contributed by atoms with E-state index in [4.69, 9.17) is 28.9 Å². The van der Waals surface area contributed by atoms with Gasteiger partial charge in [-0.05, 0) is 30.3 Å². The minimum atomic E-state index is -0.404. The van der Waals surface area contributed by atoms with E-state index in [0.717, 1.165) is 0 Å². The molecule has 0 saturated heterocycles. The highest BCUT2D eigenvalue weighted by molar-refractivity contribution is 6.37. The van der Waals surface area contributed by atoms with Gasteiger partial charge in [0.2, 0.25) is 0 Å². The second-order valence-electron chi connectivity index (χ2n) is 3.85. The molecule has 0 bridgehead atoms. The van der Waals surface area contributed by atoms with Crippen molar-refractivity contribution >= 4 is 40.5 Å². The molecule has 0 radical (unpaired) electrons. The molecule has 19 heavy (non-hydrogen) atoms. The lowest BCUT2D eigenvalue weighted by Crippen LogP contribution is -2.13. The number of carbonyl (C=O) groups excluding carboxylic acids is 1. The van der Waals surface area contributed by atoms with E-state index in [9.17, 15) is 9.90 Å². The standard InChI is InChI=1S/C13H10Cl2N2O2/c14-7-1-3-9(10(15)5-7)13(19)17-12-4-2-8(18)6-11(12)16/h1-6,18H,16H2,(H,17,19). The number of aromatic hydroxyl groups is 1. The fourth-order valence-electron chi connectivity index (χ4n) is 1.53. The summed E-state index contributed by atoms with van der Waals surface area (Å²) in [5, 5.41) is 12.5. The van der Waals surface area contributed by atoms with Gasteiger partial charge < -0.3 is 16.2 Å². The Hall–Kier alpha value is -1.91. The lowest BCUT2D eigenvalue weighted by Gasteiger charge is -2.09. The summed E-state index contributed by atoms with van der Waals surface area (Å²) in [6.07, 6.45) is 0. The minimum absolute atomic E-state index is 0.0278. The highest BCUT2D eigenvalue weighted by Crippen LogP contribution is 2.26. The van der Waals surface area contributed by atoms with Crippen LogP contribution >= 0.6 is 23.2 Å². The van der Waals surface area contributed by atoms with Crippen molar-refractivity contribution in [2.24, 2.45) is 0 Å². The van der Waals surface area contributed by atoms with Crippen LogP contribution in [0, 0.1) is 0 Å². The Labute approximate surface area is 119 Å². The molecule has 2 rings (SSSR count). The van der Waals surface area contributed by atoms with Crippen molar-refractivity contribution in [3.05, 3.63) is 52.0 Å². The summed E-state index contributed by atoms with van der Waals surface area (Å²) in [6, 6.07) is 8.86. The molecular formula is C13H10Cl2N2O2. The Bertz CT molecular complexity index is 645. The maximum Gasteiger partial charge on any atom is 0.257 e. The summed E-state index contributed by atoms with van der Waals surface area (Å²) in [5.41, 5.74) is 6.63. The van der Waals surface area contributed by atoms with Crippen LogP contribution in [0.15, 0.2) is 36.4 Å². The number of nitrogens with two attached hydrogens (primary N) is 1. The number of anilines is 2. The fourth-order valence-corrected chi connectivity index (χ4v) is 2.02. The minimum Gasteiger partial charge on any atom is -0.508 e. The molecule has 1 amide bonds. The third-order valence-corrected chi connectivity index (χ3v) is 3.01. The third kappa shape index (κ3) is 3.10. The molecule has 0 aliphatic heterocycles. The number of phenolic OH excluding ortho intramolecular Hbond substituents is 1. The molecule has 6 heteroatoms. The number of hydrogen-bond donors (Lipinski definition) is 3. The van der Waals surface area contributed by atoms with E-state index in [-0.39, 0.29) is 16.5 Å². The second kappa shape index (κ2) is 5.38. The molecule has 0 unspecified atom stereocenters. The molecule has 2 aromatic rings. The number of carbonyl (C=O) groups is 1. The second-order valence-corrected chi connectivity index (χ2v) is 4.69. The molecule has 0 aliphatic rings. The van der Waals surface area contributed by atoms with Crippen LogP contribution < -0.4 is 11.1 Å². The van der Waals surface area contributed by atoms with Crippen LogP contribution in [0.25, 0.3) is 0 Å². The number of hydrogen-bond acceptors (Lipinski definition) is 3. The number of amides is 1. The maximum absolute atomic E-state index is 12.0. The van der Waals surface area contributed by atoms with E-state index in [0.29, 0.717) is 16.3 Å². The van der Waals surface area contributed by atoms with Crippen molar-refractivity contribution in [2.75, 3.05) is 11.1 Å². The van der Waals surface area contributed by atoms with Crippen LogP contribution in [0.3, 0.4) is 0 Å². The average molecular weight is 297 g/mol. The van der Waals surface area contributed by atoms with Gasteiger partial charge in [0, 0.05) is 11.1 Å². The molecule has 0 atom stereocenters. The van der Waals surface area contributed by atoms with Crippen LogP contribution in [0.1, 0.15) is 10.4 Å². The zero-order valence-corrected chi connectivity index (χ0v) is 11.2. The van der Waals surface area contributed by atoms with Gasteiger partial charge in [-0.3, -0.25) is 4.79 Å². The summed E-state index contributed by atoms with van der Waals surface area (Å²) in [7, 11) is 0. The van der Waals surface area contributed by atoms with Crippen LogP contribution in [0.2, 0.25) is 10.0 Å². The van der Waals surface area contributed by atoms with Crippen molar-refractivity contribution in [2.45, 2.75) is 0 Å². The van der Waals surface area contributed by atoms with E-state index in [1.54, 1.807) is 6.07 Å². The Morgan fingerprint density at radius 3 is 2.53 bits per heavy atom. The highest BCUT2D eigenvalue weighted by atomic mass is 35.5. The quantitative estimate of drug-likeness (QED) is 0.586. The molecule has 0 saturated carbocycles.